The fraction of sp³-hybridized carbons (Fsp3) is 0.333. The average Bonchev–Trinajstić information content (AvgIpc) is 3.05. The fourth-order valence-corrected chi connectivity index (χ4v) is 2.83. The molecule has 2 heterocycles. The lowest BCUT2D eigenvalue weighted by atomic mass is 10.2. The first-order chi connectivity index (χ1) is 11.0. The maximum absolute atomic E-state index is 4.52. The number of aromatic amines is 1. The molecule has 0 saturated heterocycles. The van der Waals surface area contributed by atoms with Crippen LogP contribution in [-0.4, -0.2) is 31.9 Å². The van der Waals surface area contributed by atoms with Crippen LogP contribution in [0.15, 0.2) is 36.4 Å². The maximum atomic E-state index is 4.52. The van der Waals surface area contributed by atoms with Crippen molar-refractivity contribution < 1.29 is 0 Å². The van der Waals surface area contributed by atoms with Gasteiger partial charge in [-0.15, -0.1) is 0 Å². The molecule has 0 aliphatic rings. The Balaban J connectivity index is 1.66. The molecule has 0 aliphatic carbocycles. The molecule has 0 saturated carbocycles. The van der Waals surface area contributed by atoms with Gasteiger partial charge in [0, 0.05) is 24.5 Å². The minimum absolute atomic E-state index is 0.837. The topological polar surface area (TPSA) is 49.7 Å². The Kier molecular flexibility index (Phi) is 4.30. The van der Waals surface area contributed by atoms with Crippen LogP contribution >= 0.6 is 0 Å². The van der Waals surface area contributed by atoms with Gasteiger partial charge in [-0.1, -0.05) is 12.1 Å². The minimum atomic E-state index is 0.837. The molecular formula is C18H23N5. The lowest BCUT2D eigenvalue weighted by Crippen LogP contribution is -2.17. The van der Waals surface area contributed by atoms with E-state index in [1.807, 2.05) is 18.5 Å². The molecule has 5 nitrogen and oxygen atoms in total. The third-order valence-electron chi connectivity index (χ3n) is 3.83. The van der Waals surface area contributed by atoms with E-state index in [4.69, 9.17) is 0 Å². The molecule has 3 rings (SSSR count). The second kappa shape index (κ2) is 6.38. The van der Waals surface area contributed by atoms with E-state index >= 15 is 0 Å². The number of nitrogens with zero attached hydrogens (tertiary/aromatic N) is 4. The van der Waals surface area contributed by atoms with Crippen molar-refractivity contribution in [1.29, 1.82) is 0 Å². The summed E-state index contributed by atoms with van der Waals surface area (Å²) in [5.41, 5.74) is 6.75. The number of benzene rings is 1. The number of aryl methyl sites for hydroxylation is 3. The van der Waals surface area contributed by atoms with Crippen LogP contribution in [0.3, 0.4) is 0 Å². The molecule has 0 amide bonds. The lowest BCUT2D eigenvalue weighted by Gasteiger charge is -2.15. The van der Waals surface area contributed by atoms with Crippen LogP contribution in [0.4, 0.5) is 0 Å². The van der Waals surface area contributed by atoms with Gasteiger partial charge in [-0.25, -0.2) is 4.68 Å². The Bertz CT molecular complexity index is 782. The molecule has 1 N–H and O–H groups in total. The largest absolute Gasteiger partial charge is 0.296 e. The summed E-state index contributed by atoms with van der Waals surface area (Å²) >= 11 is 0. The Morgan fingerprint density at radius 1 is 1.04 bits per heavy atom. The number of aromatic nitrogens is 4. The molecule has 5 heteroatoms. The second-order valence-corrected chi connectivity index (χ2v) is 6.22. The van der Waals surface area contributed by atoms with Crippen molar-refractivity contribution >= 4 is 0 Å². The van der Waals surface area contributed by atoms with Crippen LogP contribution in [-0.2, 0) is 13.1 Å². The Morgan fingerprint density at radius 2 is 1.78 bits per heavy atom. The van der Waals surface area contributed by atoms with Crippen LogP contribution in [0.2, 0.25) is 0 Å². The number of hydrogen-bond acceptors (Lipinski definition) is 3. The molecule has 3 aromatic rings. The van der Waals surface area contributed by atoms with Gasteiger partial charge in [0.25, 0.3) is 0 Å². The van der Waals surface area contributed by atoms with Crippen LogP contribution in [0.5, 0.6) is 0 Å². The maximum Gasteiger partial charge on any atom is 0.0765 e. The van der Waals surface area contributed by atoms with Crippen LogP contribution in [0.25, 0.3) is 5.69 Å². The highest BCUT2D eigenvalue weighted by Crippen LogP contribution is 2.14. The standard InChI is InChI=1S/C18H23N5/c1-13-10-17(20-19-13)12-22(4)11-16-5-7-18(8-6-16)23-15(3)9-14(2)21-23/h5-10H,11-12H2,1-4H3,(H,19,20). The normalized spacial score (nSPS) is 11.3. The SMILES string of the molecule is Cc1cc(C)n(-c2ccc(CN(C)Cc3cc(C)[nH]n3)cc2)n1. The van der Waals surface area contributed by atoms with Crippen molar-refractivity contribution in [2.24, 2.45) is 0 Å². The summed E-state index contributed by atoms with van der Waals surface area (Å²) in [6, 6.07) is 12.8. The molecule has 0 fully saturated rings. The molecule has 120 valence electrons. The van der Waals surface area contributed by atoms with Crippen molar-refractivity contribution in [2.75, 3.05) is 7.05 Å². The molecule has 0 unspecified atom stereocenters. The van der Waals surface area contributed by atoms with E-state index in [-0.39, 0.29) is 0 Å². The fourth-order valence-electron chi connectivity index (χ4n) is 2.83. The van der Waals surface area contributed by atoms with Crippen molar-refractivity contribution in [3.05, 3.63) is 64.7 Å². The number of nitrogens with one attached hydrogen (secondary N) is 1. The highest BCUT2D eigenvalue weighted by molar-refractivity contribution is 5.36. The van der Waals surface area contributed by atoms with E-state index in [0.717, 1.165) is 41.6 Å². The van der Waals surface area contributed by atoms with Gasteiger partial charge in [-0.3, -0.25) is 10.00 Å². The van der Waals surface area contributed by atoms with Gasteiger partial charge in [-0.2, -0.15) is 10.2 Å². The molecule has 0 atom stereocenters. The van der Waals surface area contributed by atoms with Gasteiger partial charge in [0.15, 0.2) is 0 Å². The predicted molar refractivity (Wildman–Crippen MR) is 91.5 cm³/mol. The average molecular weight is 309 g/mol. The smallest absolute Gasteiger partial charge is 0.0765 e. The van der Waals surface area contributed by atoms with E-state index in [2.05, 4.69) is 70.6 Å². The van der Waals surface area contributed by atoms with Crippen molar-refractivity contribution in [1.82, 2.24) is 24.9 Å². The quantitative estimate of drug-likeness (QED) is 0.787. The van der Waals surface area contributed by atoms with Gasteiger partial charge in [0.2, 0.25) is 0 Å². The summed E-state index contributed by atoms with van der Waals surface area (Å²) < 4.78 is 1.98. The predicted octanol–water partition coefficient (Wildman–Crippen LogP) is 3.15. The number of hydrogen-bond donors (Lipinski definition) is 1. The molecule has 0 aliphatic heterocycles. The summed E-state index contributed by atoms with van der Waals surface area (Å²) in [5.74, 6) is 0. The summed E-state index contributed by atoms with van der Waals surface area (Å²) in [6.45, 7) is 7.85. The molecule has 2 aromatic heterocycles. The van der Waals surface area contributed by atoms with Gasteiger partial charge >= 0.3 is 0 Å². The highest BCUT2D eigenvalue weighted by atomic mass is 15.3. The lowest BCUT2D eigenvalue weighted by molar-refractivity contribution is 0.315. The van der Waals surface area contributed by atoms with Crippen LogP contribution < -0.4 is 0 Å². The summed E-state index contributed by atoms with van der Waals surface area (Å²) in [6.07, 6.45) is 0. The molecule has 1 aromatic carbocycles. The zero-order valence-electron chi connectivity index (χ0n) is 14.2. The zero-order valence-corrected chi connectivity index (χ0v) is 14.2. The van der Waals surface area contributed by atoms with E-state index in [1.165, 1.54) is 5.56 Å². The number of H-pyrrole nitrogens is 1. The van der Waals surface area contributed by atoms with Crippen LogP contribution in [0, 0.1) is 20.8 Å². The first kappa shape index (κ1) is 15.5. The molecule has 0 bridgehead atoms. The third-order valence-corrected chi connectivity index (χ3v) is 3.83. The van der Waals surface area contributed by atoms with Crippen molar-refractivity contribution in [3.8, 4) is 5.69 Å². The third kappa shape index (κ3) is 3.68. The second-order valence-electron chi connectivity index (χ2n) is 6.22. The highest BCUT2D eigenvalue weighted by Gasteiger charge is 2.06. The van der Waals surface area contributed by atoms with Crippen molar-refractivity contribution in [2.45, 2.75) is 33.9 Å². The van der Waals surface area contributed by atoms with Crippen LogP contribution in [0.1, 0.15) is 28.3 Å². The Hall–Kier alpha value is -2.40. The molecule has 23 heavy (non-hydrogen) atoms. The van der Waals surface area contributed by atoms with Gasteiger partial charge < -0.3 is 0 Å². The molecular weight excluding hydrogens is 286 g/mol. The van der Waals surface area contributed by atoms with Gasteiger partial charge in [-0.05, 0) is 57.6 Å². The zero-order chi connectivity index (χ0) is 16.4. The van der Waals surface area contributed by atoms with Gasteiger partial charge in [0.1, 0.15) is 0 Å². The van der Waals surface area contributed by atoms with E-state index in [1.54, 1.807) is 0 Å². The summed E-state index contributed by atoms with van der Waals surface area (Å²) in [5, 5.41) is 11.8. The summed E-state index contributed by atoms with van der Waals surface area (Å²) in [4.78, 5) is 2.26. The number of rotatable bonds is 5. The molecule has 0 radical (unpaired) electrons. The van der Waals surface area contributed by atoms with E-state index < -0.39 is 0 Å². The molecule has 0 spiro atoms. The van der Waals surface area contributed by atoms with Crippen molar-refractivity contribution in [3.63, 3.8) is 0 Å². The van der Waals surface area contributed by atoms with E-state index in [0.29, 0.717) is 0 Å². The Morgan fingerprint density at radius 3 is 2.35 bits per heavy atom. The Labute approximate surface area is 136 Å². The monoisotopic (exact) mass is 309 g/mol. The first-order valence-corrected chi connectivity index (χ1v) is 7.83. The van der Waals surface area contributed by atoms with E-state index in [9.17, 15) is 0 Å². The first-order valence-electron chi connectivity index (χ1n) is 7.83. The summed E-state index contributed by atoms with van der Waals surface area (Å²) in [7, 11) is 2.11. The van der Waals surface area contributed by atoms with Gasteiger partial charge in [0.05, 0.1) is 17.1 Å². The minimum Gasteiger partial charge on any atom is -0.296 e.